The van der Waals surface area contributed by atoms with E-state index in [1.54, 1.807) is 48.5 Å². The van der Waals surface area contributed by atoms with Crippen molar-refractivity contribution in [3.05, 3.63) is 89.5 Å². The lowest BCUT2D eigenvalue weighted by Gasteiger charge is -2.12. The summed E-state index contributed by atoms with van der Waals surface area (Å²) in [6.07, 6.45) is -0.0852. The van der Waals surface area contributed by atoms with Crippen molar-refractivity contribution in [1.29, 1.82) is 0 Å². The number of para-hydroxylation sites is 1. The van der Waals surface area contributed by atoms with Crippen LogP contribution in [0.3, 0.4) is 0 Å². The van der Waals surface area contributed by atoms with Gasteiger partial charge in [0.25, 0.3) is 11.8 Å². The molecule has 1 aliphatic heterocycles. The number of ketones is 1. The monoisotopic (exact) mass is 400 g/mol. The summed E-state index contributed by atoms with van der Waals surface area (Å²) >= 11 is 0. The van der Waals surface area contributed by atoms with Gasteiger partial charge in [0.1, 0.15) is 5.75 Å². The normalized spacial score (nSPS) is 14.4. The van der Waals surface area contributed by atoms with Crippen LogP contribution in [0.4, 0.5) is 11.4 Å². The zero-order valence-corrected chi connectivity index (χ0v) is 16.3. The van der Waals surface area contributed by atoms with Crippen molar-refractivity contribution in [1.82, 2.24) is 0 Å². The Morgan fingerprint density at radius 2 is 1.60 bits per heavy atom. The summed E-state index contributed by atoms with van der Waals surface area (Å²) in [4.78, 5) is 36.5. The number of rotatable bonds is 5. The van der Waals surface area contributed by atoms with Crippen LogP contribution >= 0.6 is 0 Å². The van der Waals surface area contributed by atoms with Gasteiger partial charge in [-0.25, -0.2) is 0 Å². The molecule has 0 fully saturated rings. The molecule has 1 atom stereocenters. The molecule has 2 N–H and O–H groups in total. The molecule has 6 nitrogen and oxygen atoms in total. The van der Waals surface area contributed by atoms with Gasteiger partial charge in [0.15, 0.2) is 11.9 Å². The van der Waals surface area contributed by atoms with Crippen LogP contribution in [0.15, 0.2) is 72.8 Å². The third-order valence-corrected chi connectivity index (χ3v) is 4.88. The van der Waals surface area contributed by atoms with Crippen molar-refractivity contribution in [2.75, 3.05) is 10.6 Å². The predicted molar refractivity (Wildman–Crippen MR) is 114 cm³/mol. The SMILES string of the molecule is CC(=O)c1ccc(NC(=O)c2cccc(NC(=O)C3Cc4ccccc4O3)c2)cc1. The van der Waals surface area contributed by atoms with E-state index in [0.29, 0.717) is 28.9 Å². The summed E-state index contributed by atoms with van der Waals surface area (Å²) < 4.78 is 5.71. The number of hydrogen-bond donors (Lipinski definition) is 2. The minimum Gasteiger partial charge on any atom is -0.480 e. The van der Waals surface area contributed by atoms with E-state index in [1.165, 1.54) is 6.92 Å². The van der Waals surface area contributed by atoms with Gasteiger partial charge in [-0.2, -0.15) is 0 Å². The highest BCUT2D eigenvalue weighted by Crippen LogP contribution is 2.28. The number of fused-ring (bicyclic) bond motifs is 1. The van der Waals surface area contributed by atoms with E-state index in [1.807, 2.05) is 24.3 Å². The highest BCUT2D eigenvalue weighted by atomic mass is 16.5. The van der Waals surface area contributed by atoms with Crippen molar-refractivity contribution >= 4 is 29.0 Å². The van der Waals surface area contributed by atoms with E-state index in [2.05, 4.69) is 10.6 Å². The highest BCUT2D eigenvalue weighted by Gasteiger charge is 2.28. The number of benzene rings is 3. The second-order valence-electron chi connectivity index (χ2n) is 7.08. The van der Waals surface area contributed by atoms with E-state index in [9.17, 15) is 14.4 Å². The van der Waals surface area contributed by atoms with Gasteiger partial charge in [0.2, 0.25) is 0 Å². The maximum atomic E-state index is 12.6. The summed E-state index contributed by atoms with van der Waals surface area (Å²) in [5.41, 5.74) is 3.07. The van der Waals surface area contributed by atoms with Crippen LogP contribution in [-0.4, -0.2) is 23.7 Å². The summed E-state index contributed by atoms with van der Waals surface area (Å²) in [5, 5.41) is 5.60. The Kier molecular flexibility index (Phi) is 5.30. The largest absolute Gasteiger partial charge is 0.480 e. The first-order valence-electron chi connectivity index (χ1n) is 9.57. The van der Waals surface area contributed by atoms with E-state index in [-0.39, 0.29) is 17.6 Å². The fourth-order valence-corrected chi connectivity index (χ4v) is 3.28. The third-order valence-electron chi connectivity index (χ3n) is 4.88. The van der Waals surface area contributed by atoms with Crippen LogP contribution < -0.4 is 15.4 Å². The van der Waals surface area contributed by atoms with Crippen molar-refractivity contribution in [3.8, 4) is 5.75 Å². The minimum atomic E-state index is -0.598. The fraction of sp³-hybridized carbons (Fsp3) is 0.125. The van der Waals surface area contributed by atoms with E-state index in [4.69, 9.17) is 4.74 Å². The molecular weight excluding hydrogens is 380 g/mol. The number of amides is 2. The topological polar surface area (TPSA) is 84.5 Å². The molecule has 4 rings (SSSR count). The molecule has 1 unspecified atom stereocenters. The first-order chi connectivity index (χ1) is 14.5. The smallest absolute Gasteiger partial charge is 0.265 e. The van der Waals surface area contributed by atoms with Gasteiger partial charge >= 0.3 is 0 Å². The standard InChI is InChI=1S/C24H20N2O4/c1-15(27)16-9-11-19(12-10-16)25-23(28)18-6-4-7-20(13-18)26-24(29)22-14-17-5-2-3-8-21(17)30-22/h2-13,22H,14H2,1H3,(H,25,28)(H,26,29). The Bertz CT molecular complexity index is 1100. The molecule has 0 saturated carbocycles. The molecule has 0 spiro atoms. The van der Waals surface area contributed by atoms with Crippen LogP contribution in [0.2, 0.25) is 0 Å². The van der Waals surface area contributed by atoms with Gasteiger partial charge in [0.05, 0.1) is 0 Å². The maximum absolute atomic E-state index is 12.6. The van der Waals surface area contributed by atoms with Crippen LogP contribution in [0.25, 0.3) is 0 Å². The minimum absolute atomic E-state index is 0.0364. The molecule has 0 aromatic heterocycles. The van der Waals surface area contributed by atoms with Crippen molar-refractivity contribution in [2.45, 2.75) is 19.4 Å². The molecular formula is C24H20N2O4. The molecule has 3 aromatic rings. The predicted octanol–water partition coefficient (Wildman–Crippen LogP) is 4.08. The van der Waals surface area contributed by atoms with Gasteiger partial charge in [-0.3, -0.25) is 14.4 Å². The second kappa shape index (κ2) is 8.21. The number of Topliss-reactive ketones (excluding diaryl/α,β-unsaturated/α-hetero) is 1. The number of hydrogen-bond acceptors (Lipinski definition) is 4. The molecule has 0 saturated heterocycles. The average Bonchev–Trinajstić information content (AvgIpc) is 3.19. The molecule has 150 valence electrons. The number of ether oxygens (including phenoxy) is 1. The number of carbonyl (C=O) groups is 3. The molecule has 1 heterocycles. The second-order valence-corrected chi connectivity index (χ2v) is 7.08. The Hall–Kier alpha value is -3.93. The lowest BCUT2D eigenvalue weighted by atomic mass is 10.1. The number of anilines is 2. The Labute approximate surface area is 173 Å². The van der Waals surface area contributed by atoms with Crippen LogP contribution in [0, 0.1) is 0 Å². The van der Waals surface area contributed by atoms with Gasteiger partial charge in [0, 0.05) is 28.9 Å². The van der Waals surface area contributed by atoms with E-state index >= 15 is 0 Å². The summed E-state index contributed by atoms with van der Waals surface area (Å²) in [7, 11) is 0. The van der Waals surface area contributed by atoms with Gasteiger partial charge in [-0.1, -0.05) is 24.3 Å². The Morgan fingerprint density at radius 3 is 2.33 bits per heavy atom. The molecule has 2 amide bonds. The van der Waals surface area contributed by atoms with Gasteiger partial charge < -0.3 is 15.4 Å². The molecule has 1 aliphatic rings. The highest BCUT2D eigenvalue weighted by molar-refractivity contribution is 6.06. The number of carbonyl (C=O) groups excluding carboxylic acids is 3. The fourth-order valence-electron chi connectivity index (χ4n) is 3.28. The molecule has 0 bridgehead atoms. The summed E-state index contributed by atoms with van der Waals surface area (Å²) in [6.45, 7) is 1.49. The lowest BCUT2D eigenvalue weighted by Crippen LogP contribution is -2.31. The Morgan fingerprint density at radius 1 is 0.833 bits per heavy atom. The van der Waals surface area contributed by atoms with Crippen LogP contribution in [0.5, 0.6) is 5.75 Å². The molecule has 0 radical (unpaired) electrons. The lowest BCUT2D eigenvalue weighted by molar-refractivity contribution is -0.122. The zero-order valence-electron chi connectivity index (χ0n) is 16.3. The molecule has 30 heavy (non-hydrogen) atoms. The summed E-state index contributed by atoms with van der Waals surface area (Å²) in [6, 6.07) is 20.9. The third kappa shape index (κ3) is 4.22. The molecule has 3 aromatic carbocycles. The van der Waals surface area contributed by atoms with E-state index in [0.717, 1.165) is 11.3 Å². The average molecular weight is 400 g/mol. The first-order valence-corrected chi connectivity index (χ1v) is 9.57. The number of nitrogens with one attached hydrogen (secondary N) is 2. The van der Waals surface area contributed by atoms with Crippen LogP contribution in [0.1, 0.15) is 33.2 Å². The van der Waals surface area contributed by atoms with Crippen molar-refractivity contribution in [2.24, 2.45) is 0 Å². The van der Waals surface area contributed by atoms with Crippen molar-refractivity contribution < 1.29 is 19.1 Å². The van der Waals surface area contributed by atoms with Crippen molar-refractivity contribution in [3.63, 3.8) is 0 Å². The molecule has 0 aliphatic carbocycles. The van der Waals surface area contributed by atoms with Crippen LogP contribution in [-0.2, 0) is 11.2 Å². The van der Waals surface area contributed by atoms with Gasteiger partial charge in [-0.15, -0.1) is 0 Å². The van der Waals surface area contributed by atoms with E-state index < -0.39 is 6.10 Å². The molecule has 6 heteroatoms. The zero-order chi connectivity index (χ0) is 21.1. The first kappa shape index (κ1) is 19.4. The quantitative estimate of drug-likeness (QED) is 0.632. The summed E-state index contributed by atoms with van der Waals surface area (Å²) in [5.74, 6) is 0.113. The van der Waals surface area contributed by atoms with Gasteiger partial charge in [-0.05, 0) is 61.0 Å². The Balaban J connectivity index is 1.40. The maximum Gasteiger partial charge on any atom is 0.265 e.